The second kappa shape index (κ2) is 14.9. The van der Waals surface area contributed by atoms with Gasteiger partial charge in [0.1, 0.15) is 6.10 Å². The van der Waals surface area contributed by atoms with Gasteiger partial charge in [0.15, 0.2) is 0 Å². The lowest BCUT2D eigenvalue weighted by Crippen LogP contribution is -2.33. The van der Waals surface area contributed by atoms with Gasteiger partial charge in [-0.1, -0.05) is 84.5 Å². The van der Waals surface area contributed by atoms with Crippen molar-refractivity contribution >= 4 is 5.97 Å². The fraction of sp³-hybridized carbons (Fsp3) is 0.929. The Labute approximate surface area is 192 Å². The highest BCUT2D eigenvalue weighted by molar-refractivity contribution is 5.72. The van der Waals surface area contributed by atoms with Crippen molar-refractivity contribution in [2.45, 2.75) is 148 Å². The van der Waals surface area contributed by atoms with E-state index >= 15 is 0 Å². The molecule has 0 N–H and O–H groups in total. The minimum atomic E-state index is -0.162. The lowest BCUT2D eigenvalue weighted by molar-refractivity contribution is -0.158. The molecule has 0 saturated heterocycles. The Hall–Kier alpha value is -1.04. The second-order valence-corrected chi connectivity index (χ2v) is 10.6. The van der Waals surface area contributed by atoms with Gasteiger partial charge in [-0.25, -0.2) is 0 Å². The maximum Gasteiger partial charge on any atom is 0.309 e. The standard InChI is InChI=1S/C28H49NO2/c1-3-5-7-9-11-13-24-14-16-25(17-15-24)27(30)31-26-18-21-28(23-29,22-19-26)20-12-10-8-6-4-2/h24-26H,3-22H2,1-2H3. The van der Waals surface area contributed by atoms with Gasteiger partial charge in [-0.05, 0) is 63.7 Å². The van der Waals surface area contributed by atoms with Gasteiger partial charge in [0.25, 0.3) is 0 Å². The van der Waals surface area contributed by atoms with Crippen LogP contribution >= 0.6 is 0 Å². The molecule has 31 heavy (non-hydrogen) atoms. The molecule has 0 aliphatic heterocycles. The molecule has 2 fully saturated rings. The van der Waals surface area contributed by atoms with E-state index in [1.807, 2.05) is 0 Å². The normalized spacial score (nSPS) is 28.7. The molecule has 0 radical (unpaired) electrons. The van der Waals surface area contributed by atoms with Gasteiger partial charge in [0.2, 0.25) is 0 Å². The fourth-order valence-electron chi connectivity index (χ4n) is 5.73. The monoisotopic (exact) mass is 431 g/mol. The number of esters is 1. The van der Waals surface area contributed by atoms with E-state index in [1.165, 1.54) is 83.5 Å². The van der Waals surface area contributed by atoms with Crippen LogP contribution in [-0.4, -0.2) is 12.1 Å². The highest BCUT2D eigenvalue weighted by Crippen LogP contribution is 2.42. The largest absolute Gasteiger partial charge is 0.462 e. The number of hydrogen-bond donors (Lipinski definition) is 0. The van der Waals surface area contributed by atoms with Crippen LogP contribution in [0.4, 0.5) is 0 Å². The van der Waals surface area contributed by atoms with Crippen molar-refractivity contribution < 1.29 is 9.53 Å². The Morgan fingerprint density at radius 3 is 2.00 bits per heavy atom. The lowest BCUT2D eigenvalue weighted by Gasteiger charge is -2.35. The zero-order valence-corrected chi connectivity index (χ0v) is 20.6. The smallest absolute Gasteiger partial charge is 0.309 e. The molecule has 178 valence electrons. The van der Waals surface area contributed by atoms with Crippen molar-refractivity contribution in [2.75, 3.05) is 0 Å². The molecule has 3 heteroatoms. The van der Waals surface area contributed by atoms with Crippen molar-refractivity contribution in [3.63, 3.8) is 0 Å². The zero-order chi connectivity index (χ0) is 22.4. The van der Waals surface area contributed by atoms with Crippen LogP contribution in [0.2, 0.25) is 0 Å². The molecular weight excluding hydrogens is 382 g/mol. The van der Waals surface area contributed by atoms with Crippen LogP contribution in [-0.2, 0) is 9.53 Å². The summed E-state index contributed by atoms with van der Waals surface area (Å²) in [4.78, 5) is 12.7. The van der Waals surface area contributed by atoms with Crippen LogP contribution in [0.1, 0.15) is 142 Å². The first-order chi connectivity index (χ1) is 15.1. The third-order valence-electron chi connectivity index (χ3n) is 8.06. The van der Waals surface area contributed by atoms with Crippen molar-refractivity contribution in [3.05, 3.63) is 0 Å². The maximum atomic E-state index is 12.7. The van der Waals surface area contributed by atoms with Crippen molar-refractivity contribution in [3.8, 4) is 6.07 Å². The van der Waals surface area contributed by atoms with E-state index in [4.69, 9.17) is 4.74 Å². The predicted molar refractivity (Wildman–Crippen MR) is 129 cm³/mol. The number of unbranched alkanes of at least 4 members (excludes halogenated alkanes) is 8. The van der Waals surface area contributed by atoms with Crippen molar-refractivity contribution in [2.24, 2.45) is 17.3 Å². The fourth-order valence-corrected chi connectivity index (χ4v) is 5.73. The first-order valence-corrected chi connectivity index (χ1v) is 13.7. The summed E-state index contributed by atoms with van der Waals surface area (Å²) in [5, 5.41) is 9.79. The molecule has 2 saturated carbocycles. The van der Waals surface area contributed by atoms with Gasteiger partial charge >= 0.3 is 5.97 Å². The molecule has 2 aliphatic rings. The van der Waals surface area contributed by atoms with Gasteiger partial charge < -0.3 is 4.74 Å². The lowest BCUT2D eigenvalue weighted by atomic mass is 9.71. The minimum absolute atomic E-state index is 0.0466. The maximum absolute atomic E-state index is 12.7. The number of carbonyl (C=O) groups is 1. The second-order valence-electron chi connectivity index (χ2n) is 10.6. The highest BCUT2D eigenvalue weighted by atomic mass is 16.5. The van der Waals surface area contributed by atoms with Gasteiger partial charge in [-0.15, -0.1) is 0 Å². The third kappa shape index (κ3) is 9.55. The topological polar surface area (TPSA) is 50.1 Å². The first-order valence-electron chi connectivity index (χ1n) is 13.7. The summed E-state index contributed by atoms with van der Waals surface area (Å²) in [5.74, 6) is 1.00. The average molecular weight is 432 g/mol. The van der Waals surface area contributed by atoms with Crippen LogP contribution in [0.5, 0.6) is 0 Å². The van der Waals surface area contributed by atoms with Gasteiger partial charge in [0.05, 0.1) is 17.4 Å². The van der Waals surface area contributed by atoms with Gasteiger partial charge in [-0.2, -0.15) is 5.26 Å². The predicted octanol–water partition coefficient (Wildman–Crippen LogP) is 8.51. The summed E-state index contributed by atoms with van der Waals surface area (Å²) in [6.07, 6.45) is 23.5. The number of nitriles is 1. The Morgan fingerprint density at radius 2 is 1.42 bits per heavy atom. The molecule has 0 heterocycles. The van der Waals surface area contributed by atoms with Crippen LogP contribution in [0.25, 0.3) is 0 Å². The highest BCUT2D eigenvalue weighted by Gasteiger charge is 2.37. The third-order valence-corrected chi connectivity index (χ3v) is 8.06. The molecule has 0 unspecified atom stereocenters. The number of carbonyl (C=O) groups excluding carboxylic acids is 1. The molecule has 0 aromatic heterocycles. The molecule has 2 aliphatic carbocycles. The Morgan fingerprint density at radius 1 is 0.839 bits per heavy atom. The summed E-state index contributed by atoms with van der Waals surface area (Å²) < 4.78 is 5.94. The van der Waals surface area contributed by atoms with E-state index < -0.39 is 0 Å². The summed E-state index contributed by atoms with van der Waals surface area (Å²) in [6.45, 7) is 4.50. The van der Waals surface area contributed by atoms with E-state index in [0.29, 0.717) is 0 Å². The Balaban J connectivity index is 1.61. The summed E-state index contributed by atoms with van der Waals surface area (Å²) >= 11 is 0. The molecule has 0 aromatic rings. The van der Waals surface area contributed by atoms with E-state index in [9.17, 15) is 10.1 Å². The summed E-state index contributed by atoms with van der Waals surface area (Å²) in [6, 6.07) is 2.64. The molecule has 3 nitrogen and oxygen atoms in total. The Kier molecular flexibility index (Phi) is 12.6. The first kappa shape index (κ1) is 26.2. The van der Waals surface area contributed by atoms with E-state index in [0.717, 1.165) is 50.9 Å². The molecule has 0 atom stereocenters. The van der Waals surface area contributed by atoms with Gasteiger partial charge in [-0.3, -0.25) is 4.79 Å². The quantitative estimate of drug-likeness (QED) is 0.204. The molecule has 0 amide bonds. The summed E-state index contributed by atoms with van der Waals surface area (Å²) in [7, 11) is 0. The SMILES string of the molecule is CCCCCCCC1CCC(C(=O)OC2CCC(C#N)(CCCCCCC)CC2)CC1. The van der Waals surface area contributed by atoms with Crippen LogP contribution in [0.3, 0.4) is 0 Å². The van der Waals surface area contributed by atoms with Gasteiger partial charge in [0, 0.05) is 0 Å². The molecule has 0 spiro atoms. The van der Waals surface area contributed by atoms with Crippen LogP contribution < -0.4 is 0 Å². The number of nitrogens with zero attached hydrogens (tertiary/aromatic N) is 1. The zero-order valence-electron chi connectivity index (χ0n) is 20.6. The van der Waals surface area contributed by atoms with Crippen LogP contribution in [0, 0.1) is 28.6 Å². The molecule has 2 rings (SSSR count). The molecule has 0 bridgehead atoms. The van der Waals surface area contributed by atoms with E-state index in [2.05, 4.69) is 19.9 Å². The van der Waals surface area contributed by atoms with Crippen molar-refractivity contribution in [1.82, 2.24) is 0 Å². The number of ether oxygens (including phenoxy) is 1. The molecule has 0 aromatic carbocycles. The van der Waals surface area contributed by atoms with Crippen molar-refractivity contribution in [1.29, 1.82) is 5.26 Å². The average Bonchev–Trinajstić information content (AvgIpc) is 2.80. The van der Waals surface area contributed by atoms with E-state index in [-0.39, 0.29) is 23.4 Å². The van der Waals surface area contributed by atoms with Crippen LogP contribution in [0.15, 0.2) is 0 Å². The number of rotatable bonds is 14. The van der Waals surface area contributed by atoms with E-state index in [1.54, 1.807) is 0 Å². The minimum Gasteiger partial charge on any atom is -0.462 e. The number of hydrogen-bond acceptors (Lipinski definition) is 3. The Bertz CT molecular complexity index is 522. The summed E-state index contributed by atoms with van der Waals surface area (Å²) in [5.41, 5.74) is -0.162. The molecular formula is C28H49NO2.